The molecule has 1 aliphatic rings. The highest BCUT2D eigenvalue weighted by atomic mass is 16.5. The Morgan fingerprint density at radius 1 is 1.35 bits per heavy atom. The molecule has 0 aromatic heterocycles. The second-order valence-electron chi connectivity index (χ2n) is 6.43. The van der Waals surface area contributed by atoms with Gasteiger partial charge in [-0.2, -0.15) is 0 Å². The maximum atomic E-state index is 11.1. The molecule has 0 unspecified atom stereocenters. The molecule has 0 saturated heterocycles. The Morgan fingerprint density at radius 3 is 2.75 bits per heavy atom. The van der Waals surface area contributed by atoms with Crippen LogP contribution >= 0.6 is 0 Å². The van der Waals surface area contributed by atoms with Gasteiger partial charge in [-0.25, -0.2) is 0 Å². The number of benzene rings is 1. The number of aliphatic hydroxyl groups is 1. The molecular formula is C18H24O2. The summed E-state index contributed by atoms with van der Waals surface area (Å²) in [6.45, 7) is 6.33. The fourth-order valence-electron chi connectivity index (χ4n) is 3.08. The molecule has 2 nitrogen and oxygen atoms in total. The van der Waals surface area contributed by atoms with Gasteiger partial charge in [-0.1, -0.05) is 45.1 Å². The van der Waals surface area contributed by atoms with Gasteiger partial charge in [0.2, 0.25) is 0 Å². The first-order chi connectivity index (χ1) is 9.39. The van der Waals surface area contributed by atoms with E-state index in [1.165, 1.54) is 0 Å². The van der Waals surface area contributed by atoms with Gasteiger partial charge < -0.3 is 9.84 Å². The molecule has 0 heterocycles. The van der Waals surface area contributed by atoms with Crippen molar-refractivity contribution >= 4 is 0 Å². The molecule has 20 heavy (non-hydrogen) atoms. The summed E-state index contributed by atoms with van der Waals surface area (Å²) in [5.41, 5.74) is -0.212. The monoisotopic (exact) mass is 272 g/mol. The van der Waals surface area contributed by atoms with E-state index >= 15 is 0 Å². The standard InChI is InChI=1S/C18H24O2/c1-14-7-6-11-17(2,3)18(14,19)12-10-15-8-5-9-16(13-15)20-4/h5,8-9,13-14,19H,6-7,11H2,1-4H3/t14-,18+/m1/s1. The third kappa shape index (κ3) is 2.69. The zero-order valence-corrected chi connectivity index (χ0v) is 12.9. The van der Waals surface area contributed by atoms with Gasteiger partial charge in [0.25, 0.3) is 0 Å². The molecule has 0 radical (unpaired) electrons. The summed E-state index contributed by atoms with van der Waals surface area (Å²) >= 11 is 0. The molecule has 0 bridgehead atoms. The topological polar surface area (TPSA) is 29.5 Å². The van der Waals surface area contributed by atoms with Gasteiger partial charge in [-0.15, -0.1) is 0 Å². The first kappa shape index (κ1) is 14.9. The Bertz CT molecular complexity index is 536. The van der Waals surface area contributed by atoms with Crippen LogP contribution in [-0.2, 0) is 0 Å². The van der Waals surface area contributed by atoms with Gasteiger partial charge in [-0.3, -0.25) is 0 Å². The van der Waals surface area contributed by atoms with E-state index in [9.17, 15) is 5.11 Å². The number of hydrogen-bond donors (Lipinski definition) is 1. The van der Waals surface area contributed by atoms with E-state index in [2.05, 4.69) is 32.6 Å². The molecule has 2 heteroatoms. The van der Waals surface area contributed by atoms with Gasteiger partial charge in [0.1, 0.15) is 11.4 Å². The van der Waals surface area contributed by atoms with Gasteiger partial charge in [0.15, 0.2) is 0 Å². The van der Waals surface area contributed by atoms with Crippen LogP contribution in [0.25, 0.3) is 0 Å². The zero-order chi connectivity index (χ0) is 14.8. The zero-order valence-electron chi connectivity index (χ0n) is 12.9. The maximum absolute atomic E-state index is 11.1. The van der Waals surface area contributed by atoms with Gasteiger partial charge in [0.05, 0.1) is 7.11 Å². The molecule has 1 N–H and O–H groups in total. The predicted octanol–water partition coefficient (Wildman–Crippen LogP) is 3.62. The first-order valence-corrected chi connectivity index (χ1v) is 7.29. The van der Waals surface area contributed by atoms with E-state index in [0.29, 0.717) is 0 Å². The first-order valence-electron chi connectivity index (χ1n) is 7.29. The van der Waals surface area contributed by atoms with Crippen molar-refractivity contribution in [3.63, 3.8) is 0 Å². The second-order valence-corrected chi connectivity index (χ2v) is 6.43. The summed E-state index contributed by atoms with van der Waals surface area (Å²) in [5.74, 6) is 7.28. The van der Waals surface area contributed by atoms with Crippen molar-refractivity contribution in [1.82, 2.24) is 0 Å². The van der Waals surface area contributed by atoms with E-state index in [1.54, 1.807) is 7.11 Å². The van der Waals surface area contributed by atoms with E-state index in [0.717, 1.165) is 30.6 Å². The summed E-state index contributed by atoms with van der Waals surface area (Å²) in [6.07, 6.45) is 3.21. The molecule has 1 aromatic rings. The van der Waals surface area contributed by atoms with Crippen molar-refractivity contribution < 1.29 is 9.84 Å². The fourth-order valence-corrected chi connectivity index (χ4v) is 3.08. The van der Waals surface area contributed by atoms with Crippen molar-refractivity contribution in [2.24, 2.45) is 11.3 Å². The Labute approximate surface area is 122 Å². The highest BCUT2D eigenvalue weighted by Gasteiger charge is 2.48. The molecule has 1 aliphatic carbocycles. The van der Waals surface area contributed by atoms with Crippen LogP contribution in [0.2, 0.25) is 0 Å². The largest absolute Gasteiger partial charge is 0.497 e. The minimum absolute atomic E-state index is 0.170. The number of rotatable bonds is 1. The molecule has 2 rings (SSSR count). The summed E-state index contributed by atoms with van der Waals surface area (Å²) < 4.78 is 5.20. The number of hydrogen-bond acceptors (Lipinski definition) is 2. The van der Waals surface area contributed by atoms with E-state index < -0.39 is 5.60 Å². The molecule has 2 atom stereocenters. The summed E-state index contributed by atoms with van der Waals surface area (Å²) in [5, 5.41) is 11.1. The lowest BCUT2D eigenvalue weighted by molar-refractivity contribution is -0.0860. The van der Waals surface area contributed by atoms with E-state index in [-0.39, 0.29) is 11.3 Å². The minimum atomic E-state index is -0.922. The highest BCUT2D eigenvalue weighted by Crippen LogP contribution is 2.46. The third-order valence-corrected chi connectivity index (χ3v) is 4.65. The minimum Gasteiger partial charge on any atom is -0.497 e. The lowest BCUT2D eigenvalue weighted by Gasteiger charge is -2.47. The molecule has 1 fully saturated rings. The van der Waals surface area contributed by atoms with Gasteiger partial charge in [-0.05, 0) is 37.0 Å². The van der Waals surface area contributed by atoms with Gasteiger partial charge >= 0.3 is 0 Å². The molecule has 0 spiro atoms. The van der Waals surface area contributed by atoms with Crippen molar-refractivity contribution in [3.8, 4) is 17.6 Å². The Morgan fingerprint density at radius 2 is 2.10 bits per heavy atom. The molecule has 108 valence electrons. The van der Waals surface area contributed by atoms with Gasteiger partial charge in [0, 0.05) is 11.0 Å². The van der Waals surface area contributed by atoms with Crippen LogP contribution in [0.4, 0.5) is 0 Å². The Balaban J connectivity index is 2.33. The Hall–Kier alpha value is -1.46. The fraction of sp³-hybridized carbons (Fsp3) is 0.556. The van der Waals surface area contributed by atoms with Crippen molar-refractivity contribution in [1.29, 1.82) is 0 Å². The average Bonchev–Trinajstić information content (AvgIpc) is 2.43. The Kier molecular flexibility index (Phi) is 4.11. The smallest absolute Gasteiger partial charge is 0.133 e. The lowest BCUT2D eigenvalue weighted by atomic mass is 9.61. The van der Waals surface area contributed by atoms with Crippen LogP contribution < -0.4 is 4.74 Å². The number of methoxy groups -OCH3 is 1. The van der Waals surface area contributed by atoms with E-state index in [1.807, 2.05) is 24.3 Å². The summed E-state index contributed by atoms with van der Waals surface area (Å²) in [4.78, 5) is 0. The molecule has 0 amide bonds. The lowest BCUT2D eigenvalue weighted by Crippen LogP contribution is -2.51. The van der Waals surface area contributed by atoms with Crippen LogP contribution in [0.15, 0.2) is 24.3 Å². The molecule has 1 saturated carbocycles. The number of ether oxygens (including phenoxy) is 1. The quantitative estimate of drug-likeness (QED) is 0.791. The summed E-state index contributed by atoms with van der Waals surface area (Å²) in [7, 11) is 1.65. The predicted molar refractivity (Wildman–Crippen MR) is 81.6 cm³/mol. The molecule has 0 aliphatic heterocycles. The second kappa shape index (κ2) is 5.50. The van der Waals surface area contributed by atoms with Crippen LogP contribution in [0.3, 0.4) is 0 Å². The molecule has 1 aromatic carbocycles. The van der Waals surface area contributed by atoms with Crippen molar-refractivity contribution in [3.05, 3.63) is 29.8 Å². The van der Waals surface area contributed by atoms with Crippen LogP contribution in [-0.4, -0.2) is 17.8 Å². The maximum Gasteiger partial charge on any atom is 0.133 e. The van der Waals surface area contributed by atoms with Crippen molar-refractivity contribution in [2.45, 2.75) is 45.6 Å². The van der Waals surface area contributed by atoms with Crippen LogP contribution in [0, 0.1) is 23.2 Å². The van der Waals surface area contributed by atoms with E-state index in [4.69, 9.17) is 4.74 Å². The average molecular weight is 272 g/mol. The third-order valence-electron chi connectivity index (χ3n) is 4.65. The van der Waals surface area contributed by atoms with Crippen LogP contribution in [0.5, 0.6) is 5.75 Å². The molecular weight excluding hydrogens is 248 g/mol. The normalized spacial score (nSPS) is 28.4. The van der Waals surface area contributed by atoms with Crippen LogP contribution in [0.1, 0.15) is 45.6 Å². The summed E-state index contributed by atoms with van der Waals surface area (Å²) in [6, 6.07) is 7.66. The SMILES string of the molecule is COc1cccc(C#C[C@]2(O)[C@H](C)CCCC2(C)C)c1. The van der Waals surface area contributed by atoms with Crippen molar-refractivity contribution in [2.75, 3.05) is 7.11 Å². The highest BCUT2D eigenvalue weighted by molar-refractivity contribution is 5.41.